The van der Waals surface area contributed by atoms with Gasteiger partial charge in [0.2, 0.25) is 0 Å². The number of benzene rings is 2. The second-order valence-corrected chi connectivity index (χ2v) is 7.96. The van der Waals surface area contributed by atoms with E-state index in [1.807, 2.05) is 24.3 Å². The molecule has 3 rings (SSSR count). The van der Waals surface area contributed by atoms with E-state index in [0.29, 0.717) is 13.0 Å². The van der Waals surface area contributed by atoms with E-state index in [9.17, 15) is 18.0 Å². The Balaban J connectivity index is 1.33. The van der Waals surface area contributed by atoms with Gasteiger partial charge in [-0.2, -0.15) is 13.2 Å². The molecule has 0 aliphatic carbocycles. The van der Waals surface area contributed by atoms with Crippen LogP contribution in [0.15, 0.2) is 48.5 Å². The Bertz CT molecular complexity index is 817. The highest BCUT2D eigenvalue weighted by atomic mass is 35.5. The predicted molar refractivity (Wildman–Crippen MR) is 111 cm³/mol. The van der Waals surface area contributed by atoms with Crippen LogP contribution in [0.2, 0.25) is 5.02 Å². The standard InChI is InChI=1S/C22H25ClF3N3O/c23-19-7-3-17(4-8-19)15-29-13-10-20(11-14-29)28-21(30)27-12-9-16-1-5-18(6-2-16)22(24,25)26/h1-8,20H,9-15H2,(H2,27,28,30). The number of urea groups is 1. The topological polar surface area (TPSA) is 44.4 Å². The highest BCUT2D eigenvalue weighted by Crippen LogP contribution is 2.29. The van der Waals surface area contributed by atoms with Crippen LogP contribution in [0.3, 0.4) is 0 Å². The van der Waals surface area contributed by atoms with Gasteiger partial charge in [0.05, 0.1) is 5.56 Å². The molecule has 0 atom stereocenters. The van der Waals surface area contributed by atoms with Gasteiger partial charge in [0.25, 0.3) is 0 Å². The average Bonchev–Trinajstić information content (AvgIpc) is 2.71. The maximum atomic E-state index is 12.6. The van der Waals surface area contributed by atoms with Crippen LogP contribution in [0, 0.1) is 0 Å². The molecule has 1 heterocycles. The normalized spacial score (nSPS) is 15.7. The van der Waals surface area contributed by atoms with E-state index >= 15 is 0 Å². The molecule has 2 amide bonds. The Morgan fingerprint density at radius 1 is 1.00 bits per heavy atom. The summed E-state index contributed by atoms with van der Waals surface area (Å²) < 4.78 is 37.7. The van der Waals surface area contributed by atoms with Crippen LogP contribution in [0.5, 0.6) is 0 Å². The van der Waals surface area contributed by atoms with E-state index in [0.717, 1.165) is 55.2 Å². The van der Waals surface area contributed by atoms with E-state index in [1.165, 1.54) is 17.7 Å². The lowest BCUT2D eigenvalue weighted by Crippen LogP contribution is -2.48. The van der Waals surface area contributed by atoms with E-state index in [1.54, 1.807) is 0 Å². The highest BCUT2D eigenvalue weighted by molar-refractivity contribution is 6.30. The first-order valence-electron chi connectivity index (χ1n) is 9.97. The Kier molecular flexibility index (Phi) is 7.61. The Labute approximate surface area is 179 Å². The van der Waals surface area contributed by atoms with E-state index in [2.05, 4.69) is 15.5 Å². The Hall–Kier alpha value is -2.25. The van der Waals surface area contributed by atoms with Crippen LogP contribution in [0.25, 0.3) is 0 Å². The lowest BCUT2D eigenvalue weighted by atomic mass is 10.0. The van der Waals surface area contributed by atoms with Crippen molar-refractivity contribution in [3.63, 3.8) is 0 Å². The zero-order valence-corrected chi connectivity index (χ0v) is 17.3. The molecule has 1 fully saturated rings. The molecular formula is C22H25ClF3N3O. The lowest BCUT2D eigenvalue weighted by molar-refractivity contribution is -0.137. The summed E-state index contributed by atoms with van der Waals surface area (Å²) in [5.74, 6) is 0. The van der Waals surface area contributed by atoms with Crippen molar-refractivity contribution >= 4 is 17.6 Å². The zero-order valence-electron chi connectivity index (χ0n) is 16.5. The smallest absolute Gasteiger partial charge is 0.338 e. The minimum atomic E-state index is -4.33. The number of carbonyl (C=O) groups excluding carboxylic acids is 1. The number of carbonyl (C=O) groups is 1. The van der Waals surface area contributed by atoms with Crippen molar-refractivity contribution < 1.29 is 18.0 Å². The second kappa shape index (κ2) is 10.2. The fourth-order valence-corrected chi connectivity index (χ4v) is 3.63. The van der Waals surface area contributed by atoms with Gasteiger partial charge in [0.1, 0.15) is 0 Å². The van der Waals surface area contributed by atoms with Gasteiger partial charge in [0.15, 0.2) is 0 Å². The molecule has 1 aliphatic heterocycles. The zero-order chi connectivity index (χ0) is 21.6. The summed E-state index contributed by atoms with van der Waals surface area (Å²) in [5, 5.41) is 6.49. The number of halogens is 4. The van der Waals surface area contributed by atoms with Gasteiger partial charge in [-0.1, -0.05) is 35.9 Å². The van der Waals surface area contributed by atoms with Crippen LogP contribution >= 0.6 is 11.6 Å². The molecule has 0 radical (unpaired) electrons. The van der Waals surface area contributed by atoms with Crippen LogP contribution in [0.4, 0.5) is 18.0 Å². The van der Waals surface area contributed by atoms with Gasteiger partial charge < -0.3 is 10.6 Å². The first kappa shape index (κ1) is 22.4. The molecule has 1 saturated heterocycles. The first-order valence-corrected chi connectivity index (χ1v) is 10.3. The Morgan fingerprint density at radius 2 is 1.60 bits per heavy atom. The van der Waals surface area contributed by atoms with Crippen molar-refractivity contribution in [1.29, 1.82) is 0 Å². The fourth-order valence-electron chi connectivity index (χ4n) is 3.50. The highest BCUT2D eigenvalue weighted by Gasteiger charge is 2.29. The quantitative estimate of drug-likeness (QED) is 0.674. The molecular weight excluding hydrogens is 415 g/mol. The van der Waals surface area contributed by atoms with Gasteiger partial charge in [-0.3, -0.25) is 4.90 Å². The van der Waals surface area contributed by atoms with Crippen molar-refractivity contribution in [2.24, 2.45) is 0 Å². The number of piperidine rings is 1. The second-order valence-electron chi connectivity index (χ2n) is 7.52. The number of nitrogens with one attached hydrogen (secondary N) is 2. The van der Waals surface area contributed by atoms with E-state index < -0.39 is 11.7 Å². The number of amides is 2. The SMILES string of the molecule is O=C(NCCc1ccc(C(F)(F)F)cc1)NC1CCN(Cc2ccc(Cl)cc2)CC1. The molecule has 1 aliphatic rings. The van der Waals surface area contributed by atoms with E-state index in [-0.39, 0.29) is 12.1 Å². The van der Waals surface area contributed by atoms with Crippen LogP contribution in [-0.4, -0.2) is 36.6 Å². The van der Waals surface area contributed by atoms with Gasteiger partial charge in [0, 0.05) is 37.2 Å². The monoisotopic (exact) mass is 439 g/mol. The number of alkyl halides is 3. The predicted octanol–water partition coefficient (Wildman–Crippen LogP) is 4.87. The molecule has 2 N–H and O–H groups in total. The summed E-state index contributed by atoms with van der Waals surface area (Å²) in [6.45, 7) is 3.04. The molecule has 0 unspecified atom stereocenters. The summed E-state index contributed by atoms with van der Waals surface area (Å²) in [5.41, 5.74) is 1.30. The summed E-state index contributed by atoms with van der Waals surface area (Å²) in [6.07, 6.45) is -2.11. The minimum Gasteiger partial charge on any atom is -0.338 e. The summed E-state index contributed by atoms with van der Waals surface area (Å²) in [6, 6.07) is 12.7. The number of rotatable bonds is 6. The number of hydrogen-bond acceptors (Lipinski definition) is 2. The Morgan fingerprint density at radius 3 is 2.20 bits per heavy atom. The third kappa shape index (κ3) is 6.92. The van der Waals surface area contributed by atoms with Crippen LogP contribution < -0.4 is 10.6 Å². The van der Waals surface area contributed by atoms with E-state index in [4.69, 9.17) is 11.6 Å². The molecule has 2 aromatic rings. The van der Waals surface area contributed by atoms with Gasteiger partial charge in [-0.25, -0.2) is 4.79 Å². The summed E-state index contributed by atoms with van der Waals surface area (Å²) in [7, 11) is 0. The largest absolute Gasteiger partial charge is 0.416 e. The van der Waals surface area contributed by atoms with Crippen molar-refractivity contribution in [2.75, 3.05) is 19.6 Å². The molecule has 2 aromatic carbocycles. The van der Waals surface area contributed by atoms with Crippen LogP contribution in [-0.2, 0) is 19.1 Å². The van der Waals surface area contributed by atoms with Crippen molar-refractivity contribution in [3.05, 3.63) is 70.2 Å². The molecule has 30 heavy (non-hydrogen) atoms. The van der Waals surface area contributed by atoms with Crippen molar-refractivity contribution in [1.82, 2.24) is 15.5 Å². The van der Waals surface area contributed by atoms with Crippen molar-refractivity contribution in [3.8, 4) is 0 Å². The molecule has 0 aromatic heterocycles. The first-order chi connectivity index (χ1) is 14.3. The maximum Gasteiger partial charge on any atom is 0.416 e. The molecule has 0 saturated carbocycles. The van der Waals surface area contributed by atoms with Crippen molar-refractivity contribution in [2.45, 2.75) is 38.0 Å². The molecule has 4 nitrogen and oxygen atoms in total. The number of nitrogens with zero attached hydrogens (tertiary/aromatic N) is 1. The van der Waals surface area contributed by atoms with Gasteiger partial charge >= 0.3 is 12.2 Å². The number of hydrogen-bond donors (Lipinski definition) is 2. The summed E-state index contributed by atoms with van der Waals surface area (Å²) >= 11 is 5.91. The molecule has 0 bridgehead atoms. The third-order valence-electron chi connectivity index (χ3n) is 5.22. The van der Waals surface area contributed by atoms with Crippen LogP contribution in [0.1, 0.15) is 29.5 Å². The minimum absolute atomic E-state index is 0.123. The van der Waals surface area contributed by atoms with Gasteiger partial charge in [-0.05, 0) is 54.7 Å². The third-order valence-corrected chi connectivity index (χ3v) is 5.47. The van der Waals surface area contributed by atoms with Gasteiger partial charge in [-0.15, -0.1) is 0 Å². The molecule has 8 heteroatoms. The lowest BCUT2D eigenvalue weighted by Gasteiger charge is -2.32. The molecule has 162 valence electrons. The average molecular weight is 440 g/mol. The molecule has 0 spiro atoms. The number of likely N-dealkylation sites (tertiary alicyclic amines) is 1. The maximum absolute atomic E-state index is 12.6. The summed E-state index contributed by atoms with van der Waals surface area (Å²) in [4.78, 5) is 14.4. The fraction of sp³-hybridized carbons (Fsp3) is 0.409.